The molecule has 3 N–H and O–H groups in total. The number of hydrogen-bond donors (Lipinski definition) is 3. The van der Waals surface area contributed by atoms with Gasteiger partial charge in [-0.15, -0.1) is 0 Å². The van der Waals surface area contributed by atoms with Crippen LogP contribution in [0, 0.1) is 5.82 Å². The molecule has 0 fully saturated rings. The maximum absolute atomic E-state index is 13.8. The zero-order chi connectivity index (χ0) is 23.9. The number of anilines is 3. The molecule has 1 heterocycles. The first-order chi connectivity index (χ1) is 16.5. The normalized spacial score (nSPS) is 10.4. The second-order valence-electron chi connectivity index (χ2n) is 7.50. The van der Waals surface area contributed by atoms with E-state index in [1.807, 2.05) is 12.1 Å². The van der Waals surface area contributed by atoms with E-state index in [-0.39, 0.29) is 24.2 Å². The number of aromatic nitrogens is 2. The van der Waals surface area contributed by atoms with Crippen molar-refractivity contribution in [2.24, 2.45) is 0 Å². The molecule has 8 heteroatoms. The van der Waals surface area contributed by atoms with Crippen molar-refractivity contribution in [1.29, 1.82) is 0 Å². The lowest BCUT2D eigenvalue weighted by atomic mass is 10.1. The highest BCUT2D eigenvalue weighted by Crippen LogP contribution is 2.22. The molecule has 0 atom stereocenters. The number of nitrogens with one attached hydrogen (secondary N) is 3. The molecule has 0 aliphatic heterocycles. The van der Waals surface area contributed by atoms with E-state index >= 15 is 0 Å². The summed E-state index contributed by atoms with van der Waals surface area (Å²) in [7, 11) is 0. The van der Waals surface area contributed by atoms with Gasteiger partial charge in [0.05, 0.1) is 5.69 Å². The van der Waals surface area contributed by atoms with Crippen molar-refractivity contribution in [2.75, 3.05) is 10.6 Å². The minimum absolute atomic E-state index is 0.0923. The van der Waals surface area contributed by atoms with Gasteiger partial charge in [0.15, 0.2) is 0 Å². The molecule has 0 saturated heterocycles. The Kier molecular flexibility index (Phi) is 6.88. The molecule has 1 aromatic heterocycles. The molecule has 0 spiro atoms. The van der Waals surface area contributed by atoms with Crippen molar-refractivity contribution in [3.8, 4) is 11.3 Å². The van der Waals surface area contributed by atoms with Gasteiger partial charge in [-0.1, -0.05) is 36.4 Å². The summed E-state index contributed by atoms with van der Waals surface area (Å²) in [4.78, 5) is 32.5. The Bertz CT molecular complexity index is 1320. The Morgan fingerprint density at radius 1 is 0.912 bits per heavy atom. The van der Waals surface area contributed by atoms with Crippen LogP contribution >= 0.6 is 0 Å². The van der Waals surface area contributed by atoms with Gasteiger partial charge < -0.3 is 16.0 Å². The molecule has 0 unspecified atom stereocenters. The molecule has 0 saturated carbocycles. The molecule has 4 aromatic rings. The second-order valence-corrected chi connectivity index (χ2v) is 7.50. The quantitative estimate of drug-likeness (QED) is 0.368. The van der Waals surface area contributed by atoms with Gasteiger partial charge in [0.1, 0.15) is 5.82 Å². The summed E-state index contributed by atoms with van der Waals surface area (Å²) < 4.78 is 13.8. The average Bonchev–Trinajstić information content (AvgIpc) is 2.84. The number of hydrogen-bond acceptors (Lipinski definition) is 5. The highest BCUT2D eigenvalue weighted by atomic mass is 19.1. The third kappa shape index (κ3) is 5.80. The maximum atomic E-state index is 13.8. The minimum atomic E-state index is -0.361. The number of rotatable bonds is 7. The standard InChI is InChI=1S/C26H22FN5O2/c1-17(33)30-21-11-9-18(10-12-21)24-13-14-28-26(32-24)31-22-7-4-6-19(15-22)25(34)29-16-20-5-2-3-8-23(20)27/h2-15H,16H2,1H3,(H,29,34)(H,30,33)(H,28,31,32). The van der Waals surface area contributed by atoms with Crippen LogP contribution in [0.4, 0.5) is 21.7 Å². The molecular formula is C26H22FN5O2. The smallest absolute Gasteiger partial charge is 0.251 e. The van der Waals surface area contributed by atoms with Gasteiger partial charge in [-0.3, -0.25) is 9.59 Å². The summed E-state index contributed by atoms with van der Waals surface area (Å²) in [6.07, 6.45) is 1.64. The first-order valence-corrected chi connectivity index (χ1v) is 10.6. The summed E-state index contributed by atoms with van der Waals surface area (Å²) in [6, 6.07) is 22.3. The highest BCUT2D eigenvalue weighted by molar-refractivity contribution is 5.95. The summed E-state index contributed by atoms with van der Waals surface area (Å²) in [5, 5.41) is 8.57. The Labute approximate surface area is 196 Å². The average molecular weight is 455 g/mol. The molecule has 0 aliphatic carbocycles. The summed E-state index contributed by atoms with van der Waals surface area (Å²) in [6.45, 7) is 1.55. The summed E-state index contributed by atoms with van der Waals surface area (Å²) in [5.41, 5.74) is 3.74. The molecule has 0 bridgehead atoms. The zero-order valence-corrected chi connectivity index (χ0v) is 18.4. The van der Waals surface area contributed by atoms with Crippen LogP contribution < -0.4 is 16.0 Å². The molecule has 0 aliphatic rings. The molecule has 170 valence electrons. The van der Waals surface area contributed by atoms with Crippen LogP contribution in [-0.2, 0) is 11.3 Å². The van der Waals surface area contributed by atoms with Crippen LogP contribution in [0.2, 0.25) is 0 Å². The van der Waals surface area contributed by atoms with Gasteiger partial charge in [0.25, 0.3) is 5.91 Å². The number of benzene rings is 3. The van der Waals surface area contributed by atoms with Crippen molar-refractivity contribution in [3.05, 3.63) is 102 Å². The van der Waals surface area contributed by atoms with Crippen molar-refractivity contribution < 1.29 is 14.0 Å². The predicted octanol–water partition coefficient (Wildman–Crippen LogP) is 4.91. The van der Waals surface area contributed by atoms with Gasteiger partial charge >= 0.3 is 0 Å². The number of nitrogens with zero attached hydrogens (tertiary/aromatic N) is 2. The topological polar surface area (TPSA) is 96.0 Å². The number of carbonyl (C=O) groups excluding carboxylic acids is 2. The lowest BCUT2D eigenvalue weighted by molar-refractivity contribution is -0.114. The molecule has 0 radical (unpaired) electrons. The molecule has 2 amide bonds. The fourth-order valence-electron chi connectivity index (χ4n) is 3.29. The van der Waals surface area contributed by atoms with E-state index < -0.39 is 0 Å². The van der Waals surface area contributed by atoms with Crippen LogP contribution in [0.15, 0.2) is 85.1 Å². The van der Waals surface area contributed by atoms with Crippen LogP contribution in [0.5, 0.6) is 0 Å². The van der Waals surface area contributed by atoms with Crippen molar-refractivity contribution in [1.82, 2.24) is 15.3 Å². The Hall–Kier alpha value is -4.59. The predicted molar refractivity (Wildman–Crippen MR) is 129 cm³/mol. The fraction of sp³-hybridized carbons (Fsp3) is 0.0769. The largest absolute Gasteiger partial charge is 0.348 e. The number of halogens is 1. The second kappa shape index (κ2) is 10.4. The molecular weight excluding hydrogens is 433 g/mol. The fourth-order valence-corrected chi connectivity index (χ4v) is 3.29. The Morgan fingerprint density at radius 2 is 1.71 bits per heavy atom. The zero-order valence-electron chi connectivity index (χ0n) is 18.4. The van der Waals surface area contributed by atoms with E-state index in [4.69, 9.17) is 0 Å². The van der Waals surface area contributed by atoms with E-state index in [1.165, 1.54) is 13.0 Å². The van der Waals surface area contributed by atoms with E-state index in [0.29, 0.717) is 34.1 Å². The maximum Gasteiger partial charge on any atom is 0.251 e. The first kappa shape index (κ1) is 22.6. The minimum Gasteiger partial charge on any atom is -0.348 e. The molecule has 34 heavy (non-hydrogen) atoms. The van der Waals surface area contributed by atoms with Crippen LogP contribution in [0.1, 0.15) is 22.8 Å². The van der Waals surface area contributed by atoms with Crippen molar-refractivity contribution >= 4 is 29.1 Å². The summed E-state index contributed by atoms with van der Waals surface area (Å²) in [5.74, 6) is -0.447. The van der Waals surface area contributed by atoms with Gasteiger partial charge in [-0.2, -0.15) is 0 Å². The Morgan fingerprint density at radius 3 is 2.47 bits per heavy atom. The first-order valence-electron chi connectivity index (χ1n) is 10.6. The van der Waals surface area contributed by atoms with E-state index in [9.17, 15) is 14.0 Å². The lowest BCUT2D eigenvalue weighted by Crippen LogP contribution is -2.23. The third-order valence-corrected chi connectivity index (χ3v) is 4.93. The van der Waals surface area contributed by atoms with Crippen LogP contribution in [0.3, 0.4) is 0 Å². The monoisotopic (exact) mass is 455 g/mol. The van der Waals surface area contributed by atoms with Crippen LogP contribution in [-0.4, -0.2) is 21.8 Å². The highest BCUT2D eigenvalue weighted by Gasteiger charge is 2.09. The van der Waals surface area contributed by atoms with Crippen molar-refractivity contribution in [2.45, 2.75) is 13.5 Å². The van der Waals surface area contributed by atoms with Gasteiger partial charge in [-0.25, -0.2) is 14.4 Å². The third-order valence-electron chi connectivity index (χ3n) is 4.93. The number of carbonyl (C=O) groups is 2. The van der Waals surface area contributed by atoms with Gasteiger partial charge in [-0.05, 0) is 42.5 Å². The van der Waals surface area contributed by atoms with Gasteiger partial charge in [0, 0.05) is 47.7 Å². The number of amides is 2. The molecule has 4 rings (SSSR count). The van der Waals surface area contributed by atoms with E-state index in [1.54, 1.807) is 66.9 Å². The molecule has 7 nitrogen and oxygen atoms in total. The summed E-state index contributed by atoms with van der Waals surface area (Å²) >= 11 is 0. The SMILES string of the molecule is CC(=O)Nc1ccc(-c2ccnc(Nc3cccc(C(=O)NCc4ccccc4F)c3)n2)cc1. The Balaban J connectivity index is 1.44. The van der Waals surface area contributed by atoms with Gasteiger partial charge in [0.2, 0.25) is 11.9 Å². The van der Waals surface area contributed by atoms with Crippen LogP contribution in [0.25, 0.3) is 11.3 Å². The van der Waals surface area contributed by atoms with E-state index in [2.05, 4.69) is 25.9 Å². The lowest BCUT2D eigenvalue weighted by Gasteiger charge is -2.10. The van der Waals surface area contributed by atoms with Crippen molar-refractivity contribution in [3.63, 3.8) is 0 Å². The molecule has 3 aromatic carbocycles. The van der Waals surface area contributed by atoms with E-state index in [0.717, 1.165) is 5.56 Å².